The van der Waals surface area contributed by atoms with Gasteiger partial charge in [0.15, 0.2) is 6.20 Å². The number of rotatable bonds is 7. The molecule has 0 spiro atoms. The number of aryl methyl sites for hydroxylation is 3. The normalized spacial score (nSPS) is 12.5. The Morgan fingerprint density at radius 1 is 0.778 bits per heavy atom. The van der Waals surface area contributed by atoms with Crippen LogP contribution in [0.25, 0.3) is 11.3 Å². The molecule has 2 rings (SSSR count). The van der Waals surface area contributed by atoms with Crippen molar-refractivity contribution >= 4 is 0 Å². The van der Waals surface area contributed by atoms with E-state index < -0.39 is 0 Å². The fourth-order valence-corrected chi connectivity index (χ4v) is 4.26. The fraction of sp³-hybridized carbons (Fsp3) is 0.577. The third kappa shape index (κ3) is 3.98. The van der Waals surface area contributed by atoms with Crippen molar-refractivity contribution < 1.29 is 4.57 Å². The van der Waals surface area contributed by atoms with Crippen molar-refractivity contribution in [3.8, 4) is 11.3 Å². The second kappa shape index (κ2) is 8.17. The molecule has 0 radical (unpaired) electrons. The molecule has 1 aromatic carbocycles. The van der Waals surface area contributed by atoms with Gasteiger partial charge in [-0.3, -0.25) is 0 Å². The molecule has 0 N–H and O–H groups in total. The minimum atomic E-state index is 0.211. The molecule has 0 atom stereocenters. The molecular weight excluding hydrogens is 326 g/mol. The lowest BCUT2D eigenvalue weighted by atomic mass is 9.68. The second-order valence-corrected chi connectivity index (χ2v) is 8.95. The Labute approximate surface area is 167 Å². The van der Waals surface area contributed by atoms with E-state index in [4.69, 9.17) is 0 Å². The number of benzene rings is 1. The third-order valence-electron chi connectivity index (χ3n) is 7.35. The van der Waals surface area contributed by atoms with Gasteiger partial charge in [0.2, 0.25) is 5.69 Å². The molecule has 0 bridgehead atoms. The van der Waals surface area contributed by atoms with Gasteiger partial charge in [0.1, 0.15) is 7.05 Å². The van der Waals surface area contributed by atoms with Crippen molar-refractivity contribution in [3.63, 3.8) is 0 Å². The van der Waals surface area contributed by atoms with Crippen LogP contribution in [0.4, 0.5) is 0 Å². The van der Waals surface area contributed by atoms with Gasteiger partial charge in [0.25, 0.3) is 0 Å². The highest BCUT2D eigenvalue weighted by atomic mass is 14.9. The molecule has 148 valence electrons. The molecule has 1 heterocycles. The summed E-state index contributed by atoms with van der Waals surface area (Å²) in [5.74, 6) is 0. The molecule has 0 saturated heterocycles. The number of hydrogen-bond donors (Lipinski definition) is 0. The summed E-state index contributed by atoms with van der Waals surface area (Å²) >= 11 is 0. The van der Waals surface area contributed by atoms with Crippen LogP contribution in [0.3, 0.4) is 0 Å². The molecule has 0 amide bonds. The lowest BCUT2D eigenvalue weighted by Gasteiger charge is -2.36. The summed E-state index contributed by atoms with van der Waals surface area (Å²) in [6, 6.07) is 9.32. The molecule has 0 unspecified atom stereocenters. The Morgan fingerprint density at radius 2 is 1.30 bits per heavy atom. The maximum absolute atomic E-state index is 2.50. The van der Waals surface area contributed by atoms with E-state index in [1.807, 2.05) is 0 Å². The monoisotopic (exact) mass is 366 g/mol. The van der Waals surface area contributed by atoms with Crippen molar-refractivity contribution in [2.24, 2.45) is 7.05 Å². The molecule has 0 fully saturated rings. The molecule has 27 heavy (non-hydrogen) atoms. The van der Waals surface area contributed by atoms with E-state index in [0.717, 1.165) is 0 Å². The Morgan fingerprint density at radius 3 is 1.78 bits per heavy atom. The van der Waals surface area contributed by atoms with Crippen LogP contribution in [0, 0.1) is 13.8 Å². The average molecular weight is 367 g/mol. The van der Waals surface area contributed by atoms with Crippen LogP contribution < -0.4 is 4.57 Å². The summed E-state index contributed by atoms with van der Waals surface area (Å²) in [7, 11) is 2.21. The summed E-state index contributed by atoms with van der Waals surface area (Å²) in [6.07, 6.45) is 7.10. The average Bonchev–Trinajstić information content (AvgIpc) is 2.67. The van der Waals surface area contributed by atoms with Crippen molar-refractivity contribution in [2.75, 3.05) is 0 Å². The number of hydrogen-bond acceptors (Lipinski definition) is 0. The zero-order valence-electron chi connectivity index (χ0n) is 19.2. The van der Waals surface area contributed by atoms with E-state index in [1.54, 1.807) is 5.56 Å². The van der Waals surface area contributed by atoms with E-state index in [2.05, 4.69) is 97.5 Å². The van der Waals surface area contributed by atoms with Crippen molar-refractivity contribution in [1.82, 2.24) is 0 Å². The molecule has 2 aromatic rings. The van der Waals surface area contributed by atoms with Crippen LogP contribution in [0.15, 0.2) is 30.5 Å². The minimum Gasteiger partial charge on any atom is -0.201 e. The SMILES string of the molecule is CCC(C)(CC)c1cc(-c2ccc(C)cc2C)[n+](C)cc1C(C)(CC)CC. The third-order valence-corrected chi connectivity index (χ3v) is 7.35. The first kappa shape index (κ1) is 21.7. The predicted molar refractivity (Wildman–Crippen MR) is 118 cm³/mol. The van der Waals surface area contributed by atoms with Gasteiger partial charge >= 0.3 is 0 Å². The van der Waals surface area contributed by atoms with E-state index in [-0.39, 0.29) is 10.8 Å². The first-order chi connectivity index (χ1) is 12.7. The van der Waals surface area contributed by atoms with Gasteiger partial charge in [0, 0.05) is 17.2 Å². The van der Waals surface area contributed by atoms with Gasteiger partial charge in [-0.2, -0.15) is 0 Å². The quantitative estimate of drug-likeness (QED) is 0.467. The maximum atomic E-state index is 2.50. The van der Waals surface area contributed by atoms with Crippen LogP contribution in [0.5, 0.6) is 0 Å². The first-order valence-corrected chi connectivity index (χ1v) is 10.8. The van der Waals surface area contributed by atoms with Crippen molar-refractivity contribution in [1.29, 1.82) is 0 Å². The van der Waals surface area contributed by atoms with Crippen molar-refractivity contribution in [3.05, 3.63) is 52.7 Å². The maximum Gasteiger partial charge on any atom is 0.212 e. The molecule has 1 heteroatoms. The molecule has 0 aliphatic heterocycles. The molecule has 1 aromatic heterocycles. The summed E-state index contributed by atoms with van der Waals surface area (Å²) < 4.78 is 2.35. The fourth-order valence-electron chi connectivity index (χ4n) is 4.26. The Hall–Kier alpha value is -1.63. The summed E-state index contributed by atoms with van der Waals surface area (Å²) in [5.41, 5.74) is 8.87. The number of pyridine rings is 1. The molecule has 0 aliphatic carbocycles. The minimum absolute atomic E-state index is 0.211. The van der Waals surface area contributed by atoms with Gasteiger partial charge in [-0.15, -0.1) is 0 Å². The van der Waals surface area contributed by atoms with Crippen LogP contribution in [-0.4, -0.2) is 0 Å². The Bertz CT molecular complexity index is 792. The van der Waals surface area contributed by atoms with Gasteiger partial charge in [-0.1, -0.05) is 59.2 Å². The smallest absolute Gasteiger partial charge is 0.201 e. The van der Waals surface area contributed by atoms with Crippen molar-refractivity contribution in [2.45, 2.75) is 91.9 Å². The van der Waals surface area contributed by atoms with Gasteiger partial charge in [-0.25, -0.2) is 4.57 Å². The zero-order chi connectivity index (χ0) is 20.4. The van der Waals surface area contributed by atoms with Gasteiger partial charge in [-0.05, 0) is 67.6 Å². The Kier molecular flexibility index (Phi) is 6.55. The van der Waals surface area contributed by atoms with Gasteiger partial charge in [0.05, 0.1) is 0 Å². The van der Waals surface area contributed by atoms with E-state index in [0.29, 0.717) is 0 Å². The van der Waals surface area contributed by atoms with E-state index in [9.17, 15) is 0 Å². The highest BCUT2D eigenvalue weighted by Gasteiger charge is 2.36. The zero-order valence-corrected chi connectivity index (χ0v) is 19.2. The van der Waals surface area contributed by atoms with Crippen LogP contribution in [0.1, 0.15) is 89.5 Å². The topological polar surface area (TPSA) is 3.88 Å². The summed E-state index contributed by atoms with van der Waals surface area (Å²) in [4.78, 5) is 0. The lowest BCUT2D eigenvalue weighted by Crippen LogP contribution is -2.38. The number of aromatic nitrogens is 1. The lowest BCUT2D eigenvalue weighted by molar-refractivity contribution is -0.661. The van der Waals surface area contributed by atoms with E-state index >= 15 is 0 Å². The van der Waals surface area contributed by atoms with Crippen LogP contribution in [-0.2, 0) is 17.9 Å². The van der Waals surface area contributed by atoms with Gasteiger partial charge < -0.3 is 0 Å². The van der Waals surface area contributed by atoms with E-state index in [1.165, 1.54) is 53.6 Å². The van der Waals surface area contributed by atoms with Crippen LogP contribution in [0.2, 0.25) is 0 Å². The standard InChI is InChI=1S/C26H40N/c1-10-25(7,11-2)22-17-24(21-15-14-19(5)16-20(21)6)27(9)18-23(22)26(8,12-3)13-4/h14-18H,10-13H2,1-9H3/q+1. The summed E-state index contributed by atoms with van der Waals surface area (Å²) in [5, 5.41) is 0. The Balaban J connectivity index is 2.84. The second-order valence-electron chi connectivity index (χ2n) is 8.95. The summed E-state index contributed by atoms with van der Waals surface area (Å²) in [6.45, 7) is 18.6. The predicted octanol–water partition coefficient (Wildman–Crippen LogP) is 6.95. The highest BCUT2D eigenvalue weighted by Crippen LogP contribution is 2.42. The first-order valence-electron chi connectivity index (χ1n) is 10.8. The largest absolute Gasteiger partial charge is 0.212 e. The number of nitrogens with zero attached hydrogens (tertiary/aromatic N) is 1. The molecule has 0 aliphatic rings. The highest BCUT2D eigenvalue weighted by molar-refractivity contribution is 5.63. The molecule has 1 nitrogen and oxygen atoms in total. The van der Waals surface area contributed by atoms with Crippen LogP contribution >= 0.6 is 0 Å². The molecule has 0 saturated carbocycles. The molecular formula is C26H40N+.